The van der Waals surface area contributed by atoms with Crippen molar-refractivity contribution < 1.29 is 48.6 Å². The molecule has 23 heteroatoms. The number of aromatic amines is 1. The summed E-state index contributed by atoms with van der Waals surface area (Å²) in [5.41, 5.74) is 11.9. The molecule has 23 nitrogen and oxygen atoms in total. The summed E-state index contributed by atoms with van der Waals surface area (Å²) in [6.07, 6.45) is 4.25. The smallest absolute Gasteiger partial charge is 0.325 e. The van der Waals surface area contributed by atoms with Gasteiger partial charge in [-0.05, 0) is 69.2 Å². The topological polar surface area (TPSA) is 358 Å². The van der Waals surface area contributed by atoms with Crippen LogP contribution in [0.2, 0.25) is 0 Å². The molecule has 1 aromatic carbocycles. The van der Waals surface area contributed by atoms with Crippen LogP contribution in [0.3, 0.4) is 0 Å². The van der Waals surface area contributed by atoms with Crippen LogP contribution in [0.5, 0.6) is 5.75 Å². The Morgan fingerprint density at radius 2 is 1.48 bits per heavy atom. The minimum atomic E-state index is -1.34. The summed E-state index contributed by atoms with van der Waals surface area (Å²) >= 11 is 0. The number of carboxylic acids is 1. The first kappa shape index (κ1) is 53.6. The average molecular weight is 926 g/mol. The van der Waals surface area contributed by atoms with Crippen molar-refractivity contribution in [2.24, 2.45) is 28.3 Å². The van der Waals surface area contributed by atoms with Crippen molar-refractivity contribution >= 4 is 53.3 Å². The average Bonchev–Trinajstić information content (AvgIpc) is 3.98. The Balaban J connectivity index is 1.91. The second kappa shape index (κ2) is 26.2. The van der Waals surface area contributed by atoms with Crippen molar-refractivity contribution in [3.05, 3.63) is 48.0 Å². The minimum Gasteiger partial charge on any atom is -0.508 e. The van der Waals surface area contributed by atoms with Crippen LogP contribution in [0.4, 0.5) is 0 Å². The number of H-pyrrole nitrogens is 1. The number of likely N-dealkylation sites (tertiary alicyclic amines) is 1. The van der Waals surface area contributed by atoms with Gasteiger partial charge in [0.15, 0.2) is 5.96 Å². The van der Waals surface area contributed by atoms with E-state index in [0.717, 1.165) is 0 Å². The summed E-state index contributed by atoms with van der Waals surface area (Å²) in [7, 11) is 1.57. The summed E-state index contributed by atoms with van der Waals surface area (Å²) in [6, 6.07) is -2.40. The maximum Gasteiger partial charge on any atom is 0.325 e. The number of aliphatic carboxylic acids is 1. The first-order chi connectivity index (χ1) is 31.2. The van der Waals surface area contributed by atoms with Gasteiger partial charge in [0.05, 0.1) is 12.9 Å². The number of nitrogens with zero attached hydrogens (tertiary/aromatic N) is 3. The number of nitrogens with two attached hydrogens (primary N) is 2. The molecule has 364 valence electrons. The van der Waals surface area contributed by atoms with Crippen molar-refractivity contribution in [3.8, 4) is 5.75 Å². The molecular weight excluding hydrogens is 859 g/mol. The Kier molecular flexibility index (Phi) is 21.3. The van der Waals surface area contributed by atoms with E-state index in [0.29, 0.717) is 30.5 Å². The molecule has 2 aromatic rings. The van der Waals surface area contributed by atoms with Crippen LogP contribution in [-0.4, -0.2) is 147 Å². The maximum absolute atomic E-state index is 14.4. The highest BCUT2D eigenvalue weighted by atomic mass is 16.4. The normalized spacial score (nSPS) is 16.6. The van der Waals surface area contributed by atoms with Gasteiger partial charge in [0.1, 0.15) is 48.0 Å². The van der Waals surface area contributed by atoms with Crippen LogP contribution in [0.1, 0.15) is 78.0 Å². The van der Waals surface area contributed by atoms with E-state index < -0.39 is 101 Å². The van der Waals surface area contributed by atoms with Gasteiger partial charge < -0.3 is 68.8 Å². The van der Waals surface area contributed by atoms with Crippen LogP contribution in [-0.2, 0) is 51.2 Å². The summed E-state index contributed by atoms with van der Waals surface area (Å²) in [6.45, 7) is 8.47. The monoisotopic (exact) mass is 926 g/mol. The summed E-state index contributed by atoms with van der Waals surface area (Å²) in [4.78, 5) is 120. The summed E-state index contributed by atoms with van der Waals surface area (Å²) < 4.78 is 0. The number of hydrogen-bond donors (Lipinski definition) is 12. The SMILES string of the molecule is CCC(C)[C@H](NC(=O)[C@H](Cc1ccc(O)cc1)NC(=O)[C@@H](NC(=O)[C@H](CCCN=C(N)N)NC(=O)CNC)C(C)C)C(=O)N[C@@H](Cc1cnc[nH]1)C(=O)N1CCC[C@H]1C(=O)N[C@H](C)C(=O)O. The highest BCUT2D eigenvalue weighted by Crippen LogP contribution is 2.21. The van der Waals surface area contributed by atoms with Gasteiger partial charge in [0.2, 0.25) is 41.4 Å². The maximum atomic E-state index is 14.4. The molecule has 1 aliphatic heterocycles. The Morgan fingerprint density at radius 3 is 2.08 bits per heavy atom. The number of carboxylic acid groups (broad SMARTS) is 1. The van der Waals surface area contributed by atoms with Gasteiger partial charge in [-0.15, -0.1) is 0 Å². The molecule has 14 N–H and O–H groups in total. The fraction of sp³-hybridized carbons (Fsp3) is 0.581. The van der Waals surface area contributed by atoms with Gasteiger partial charge in [0, 0.05) is 37.8 Å². The number of nitrogens with one attached hydrogen (secondary N) is 8. The van der Waals surface area contributed by atoms with Crippen LogP contribution in [0.25, 0.3) is 0 Å². The fourth-order valence-corrected chi connectivity index (χ4v) is 7.21. The molecule has 3 rings (SSSR count). The second-order valence-corrected chi connectivity index (χ2v) is 16.7. The van der Waals surface area contributed by atoms with Crippen LogP contribution in [0.15, 0.2) is 41.8 Å². The molecule has 66 heavy (non-hydrogen) atoms. The molecular formula is C43H67N13O10. The Hall–Kier alpha value is -6.78. The third-order valence-electron chi connectivity index (χ3n) is 11.1. The van der Waals surface area contributed by atoms with Crippen LogP contribution in [0, 0.1) is 11.8 Å². The number of carbonyl (C=O) groups is 8. The molecule has 0 aliphatic carbocycles. The highest BCUT2D eigenvalue weighted by Gasteiger charge is 2.40. The zero-order valence-electron chi connectivity index (χ0n) is 38.4. The van der Waals surface area contributed by atoms with Crippen LogP contribution >= 0.6 is 0 Å². The second-order valence-electron chi connectivity index (χ2n) is 16.7. The number of imidazole rings is 1. The number of rotatable bonds is 26. The number of guanidine groups is 1. The van der Waals surface area contributed by atoms with Gasteiger partial charge in [-0.3, -0.25) is 43.3 Å². The van der Waals surface area contributed by atoms with E-state index in [4.69, 9.17) is 11.5 Å². The number of benzene rings is 1. The Labute approximate surface area is 383 Å². The third kappa shape index (κ3) is 16.7. The zero-order valence-corrected chi connectivity index (χ0v) is 38.4. The number of phenolic OH excluding ortho intramolecular Hbond substituents is 1. The number of aliphatic imine (C=N–C) groups is 1. The van der Waals surface area contributed by atoms with Crippen molar-refractivity contribution in [1.82, 2.24) is 52.1 Å². The van der Waals surface area contributed by atoms with E-state index >= 15 is 0 Å². The molecule has 8 atom stereocenters. The van der Waals surface area contributed by atoms with E-state index in [2.05, 4.69) is 52.2 Å². The third-order valence-corrected chi connectivity index (χ3v) is 11.1. The number of amides is 7. The number of aromatic hydroxyl groups is 1. The first-order valence-corrected chi connectivity index (χ1v) is 22.1. The number of carbonyl (C=O) groups excluding carboxylic acids is 7. The molecule has 0 bridgehead atoms. The number of aromatic nitrogens is 2. The molecule has 1 fully saturated rings. The van der Waals surface area contributed by atoms with Gasteiger partial charge in [-0.25, -0.2) is 4.98 Å². The molecule has 0 radical (unpaired) electrons. The lowest BCUT2D eigenvalue weighted by atomic mass is 9.96. The van der Waals surface area contributed by atoms with Crippen LogP contribution < -0.4 is 48.7 Å². The molecule has 0 saturated carbocycles. The van der Waals surface area contributed by atoms with Crippen molar-refractivity contribution in [1.29, 1.82) is 0 Å². The number of phenols is 1. The van der Waals surface area contributed by atoms with Gasteiger partial charge >= 0.3 is 5.97 Å². The van der Waals surface area contributed by atoms with Crippen molar-refractivity contribution in [3.63, 3.8) is 0 Å². The van der Waals surface area contributed by atoms with Crippen molar-refractivity contribution in [2.75, 3.05) is 26.7 Å². The van der Waals surface area contributed by atoms with E-state index in [1.807, 2.05) is 0 Å². The Morgan fingerprint density at radius 1 is 0.848 bits per heavy atom. The van der Waals surface area contributed by atoms with E-state index in [-0.39, 0.29) is 57.0 Å². The van der Waals surface area contributed by atoms with E-state index in [9.17, 15) is 48.6 Å². The van der Waals surface area contributed by atoms with E-state index in [1.54, 1.807) is 46.9 Å². The van der Waals surface area contributed by atoms with Gasteiger partial charge in [-0.2, -0.15) is 0 Å². The molecule has 2 heterocycles. The van der Waals surface area contributed by atoms with E-state index in [1.165, 1.54) is 36.5 Å². The highest BCUT2D eigenvalue weighted by molar-refractivity contribution is 5.98. The largest absolute Gasteiger partial charge is 0.508 e. The molecule has 1 aliphatic rings. The van der Waals surface area contributed by atoms with Gasteiger partial charge in [-0.1, -0.05) is 46.2 Å². The lowest BCUT2D eigenvalue weighted by Gasteiger charge is -2.32. The Bertz CT molecular complexity index is 1990. The van der Waals surface area contributed by atoms with Crippen molar-refractivity contribution in [2.45, 2.75) is 122 Å². The lowest BCUT2D eigenvalue weighted by Crippen LogP contribution is -2.62. The molecule has 1 saturated heterocycles. The predicted octanol–water partition coefficient (Wildman–Crippen LogP) is -2.12. The molecule has 7 amide bonds. The minimum absolute atomic E-state index is 0.0375. The fourth-order valence-electron chi connectivity index (χ4n) is 7.21. The zero-order chi connectivity index (χ0) is 49.1. The lowest BCUT2D eigenvalue weighted by molar-refractivity contribution is -0.144. The predicted molar refractivity (Wildman–Crippen MR) is 242 cm³/mol. The molecule has 0 spiro atoms. The molecule has 1 unspecified atom stereocenters. The van der Waals surface area contributed by atoms with Gasteiger partial charge in [0.25, 0.3) is 0 Å². The number of likely N-dealkylation sites (N-methyl/N-ethyl adjacent to an activating group) is 1. The quantitative estimate of drug-likeness (QED) is 0.0273. The number of hydrogen-bond acceptors (Lipinski definition) is 12. The first-order valence-electron chi connectivity index (χ1n) is 22.1. The molecule has 1 aromatic heterocycles. The summed E-state index contributed by atoms with van der Waals surface area (Å²) in [5.74, 6) is -7.10. The summed E-state index contributed by atoms with van der Waals surface area (Å²) in [5, 5.41) is 38.1. The standard InChI is InChI=1S/C43H67N13O10/c1-7-24(4)35(40(63)53-31(19-27-20-47-22-49-27)41(64)56-17-9-11-32(56)38(61)50-25(5)42(65)66)55-37(60)30(18-26-12-14-28(57)15-13-26)52-39(62)34(23(2)3)54-36(59)29(51-33(58)21-46-6)10-8-16-48-43(44)45/h12-15,20,22-25,29-32,34-35,46,57H,7-11,16-19,21H2,1-6H3,(H,47,49)(H,50,61)(H,51,58)(H,52,62)(H,53,63)(H,54,59)(H,55,60)(H,65,66)(H4,44,45,48)/t24?,25-,29+,30+,31+,32+,34+,35+/m1/s1.